The third-order valence-corrected chi connectivity index (χ3v) is 3.30. The van der Waals surface area contributed by atoms with Gasteiger partial charge in [-0.2, -0.15) is 0 Å². The molecule has 1 fully saturated rings. The third kappa shape index (κ3) is 2.96. The van der Waals surface area contributed by atoms with Gasteiger partial charge in [-0.05, 0) is 19.1 Å². The summed E-state index contributed by atoms with van der Waals surface area (Å²) >= 11 is 0. The van der Waals surface area contributed by atoms with Crippen LogP contribution in [-0.2, 0) is 9.59 Å². The Morgan fingerprint density at radius 3 is 2.20 bits per heavy atom. The lowest BCUT2D eigenvalue weighted by atomic mass is 10.1. The Kier molecular flexibility index (Phi) is 4.02. The van der Waals surface area contributed by atoms with Crippen LogP contribution in [0.25, 0.3) is 0 Å². The van der Waals surface area contributed by atoms with Crippen molar-refractivity contribution in [2.75, 3.05) is 26.2 Å². The van der Waals surface area contributed by atoms with Crippen molar-refractivity contribution < 1.29 is 19.5 Å². The molecule has 1 N–H and O–H groups in total. The molecule has 1 saturated heterocycles. The molecule has 0 bridgehead atoms. The van der Waals surface area contributed by atoms with E-state index in [1.807, 2.05) is 25.1 Å². The van der Waals surface area contributed by atoms with Gasteiger partial charge in [-0.1, -0.05) is 17.7 Å². The van der Waals surface area contributed by atoms with Gasteiger partial charge in [0.1, 0.15) is 0 Å². The predicted molar refractivity (Wildman–Crippen MR) is 71.3 cm³/mol. The highest BCUT2D eigenvalue weighted by Crippen LogP contribution is 2.10. The van der Waals surface area contributed by atoms with Crippen LogP contribution in [0.2, 0.25) is 0 Å². The summed E-state index contributed by atoms with van der Waals surface area (Å²) in [5.74, 6) is -2.45. The van der Waals surface area contributed by atoms with Gasteiger partial charge < -0.3 is 14.9 Å². The Hall–Kier alpha value is -2.37. The molecule has 0 aromatic heterocycles. The van der Waals surface area contributed by atoms with Gasteiger partial charge in [-0.15, -0.1) is 0 Å². The Bertz CT molecular complexity index is 548. The number of nitrogens with zero attached hydrogens (tertiary/aromatic N) is 2. The van der Waals surface area contributed by atoms with E-state index >= 15 is 0 Å². The van der Waals surface area contributed by atoms with Gasteiger partial charge in [0.15, 0.2) is 0 Å². The highest BCUT2D eigenvalue weighted by atomic mass is 16.4. The van der Waals surface area contributed by atoms with E-state index in [1.54, 1.807) is 11.0 Å². The second kappa shape index (κ2) is 5.73. The largest absolute Gasteiger partial charge is 0.474 e. The van der Waals surface area contributed by atoms with Crippen molar-refractivity contribution in [3.05, 3.63) is 35.4 Å². The van der Waals surface area contributed by atoms with Gasteiger partial charge in [0.05, 0.1) is 0 Å². The molecule has 0 saturated carbocycles. The number of piperazine rings is 1. The van der Waals surface area contributed by atoms with Crippen LogP contribution in [0.1, 0.15) is 15.9 Å². The fourth-order valence-electron chi connectivity index (χ4n) is 2.21. The smallest absolute Gasteiger partial charge is 0.394 e. The summed E-state index contributed by atoms with van der Waals surface area (Å²) in [7, 11) is 0. The summed E-state index contributed by atoms with van der Waals surface area (Å²) in [6, 6.07) is 7.31. The molecule has 0 spiro atoms. The first-order chi connectivity index (χ1) is 9.49. The molecule has 6 nitrogen and oxygen atoms in total. The monoisotopic (exact) mass is 276 g/mol. The maximum atomic E-state index is 12.3. The average molecular weight is 276 g/mol. The number of carboxylic acids is 1. The van der Waals surface area contributed by atoms with Crippen molar-refractivity contribution >= 4 is 17.8 Å². The molecule has 1 heterocycles. The van der Waals surface area contributed by atoms with Crippen molar-refractivity contribution in [1.82, 2.24) is 9.80 Å². The summed E-state index contributed by atoms with van der Waals surface area (Å²) in [4.78, 5) is 37.1. The minimum absolute atomic E-state index is 0.0869. The lowest BCUT2D eigenvalue weighted by molar-refractivity contribution is -0.156. The third-order valence-electron chi connectivity index (χ3n) is 3.30. The first-order valence-electron chi connectivity index (χ1n) is 6.37. The highest BCUT2D eigenvalue weighted by molar-refractivity contribution is 6.31. The van der Waals surface area contributed by atoms with Gasteiger partial charge in [-0.25, -0.2) is 4.79 Å². The number of hydrogen-bond acceptors (Lipinski definition) is 3. The molecule has 106 valence electrons. The summed E-state index contributed by atoms with van der Waals surface area (Å²) in [5, 5.41) is 8.65. The van der Waals surface area contributed by atoms with Gasteiger partial charge in [0.2, 0.25) is 0 Å². The van der Waals surface area contributed by atoms with Crippen molar-refractivity contribution in [2.24, 2.45) is 0 Å². The topological polar surface area (TPSA) is 77.9 Å². The van der Waals surface area contributed by atoms with Crippen LogP contribution in [0, 0.1) is 6.92 Å². The Morgan fingerprint density at radius 2 is 1.65 bits per heavy atom. The molecule has 2 rings (SSSR count). The maximum absolute atomic E-state index is 12.3. The van der Waals surface area contributed by atoms with Crippen LogP contribution >= 0.6 is 0 Å². The Morgan fingerprint density at radius 1 is 1.05 bits per heavy atom. The number of amides is 2. The van der Waals surface area contributed by atoms with E-state index in [-0.39, 0.29) is 19.0 Å². The van der Waals surface area contributed by atoms with E-state index in [0.29, 0.717) is 18.7 Å². The molecule has 6 heteroatoms. The zero-order chi connectivity index (χ0) is 14.7. The van der Waals surface area contributed by atoms with E-state index in [4.69, 9.17) is 5.11 Å². The van der Waals surface area contributed by atoms with Crippen LogP contribution < -0.4 is 0 Å². The standard InChI is InChI=1S/C14H16N2O4/c1-10-3-2-4-11(9-10)12(17)15-5-7-16(8-6-15)13(18)14(19)20/h2-4,9H,5-8H2,1H3,(H,19,20). The second-order valence-electron chi connectivity index (χ2n) is 4.76. The molecule has 1 aliphatic rings. The van der Waals surface area contributed by atoms with Gasteiger partial charge in [0.25, 0.3) is 5.91 Å². The lowest BCUT2D eigenvalue weighted by Gasteiger charge is -2.33. The van der Waals surface area contributed by atoms with Crippen molar-refractivity contribution in [3.63, 3.8) is 0 Å². The van der Waals surface area contributed by atoms with E-state index < -0.39 is 11.9 Å². The molecule has 0 aliphatic carbocycles. The van der Waals surface area contributed by atoms with E-state index in [1.165, 1.54) is 4.90 Å². The zero-order valence-electron chi connectivity index (χ0n) is 11.2. The number of carbonyl (C=O) groups excluding carboxylic acids is 2. The van der Waals surface area contributed by atoms with E-state index in [0.717, 1.165) is 5.56 Å². The fourth-order valence-corrected chi connectivity index (χ4v) is 2.21. The maximum Gasteiger partial charge on any atom is 0.394 e. The first-order valence-corrected chi connectivity index (χ1v) is 6.37. The van der Waals surface area contributed by atoms with Crippen molar-refractivity contribution in [1.29, 1.82) is 0 Å². The van der Waals surface area contributed by atoms with Crippen LogP contribution in [0.4, 0.5) is 0 Å². The molecule has 0 unspecified atom stereocenters. The number of rotatable bonds is 1. The Balaban J connectivity index is 1.99. The molecule has 1 aliphatic heterocycles. The number of hydrogen-bond donors (Lipinski definition) is 1. The first kappa shape index (κ1) is 14.0. The van der Waals surface area contributed by atoms with Crippen LogP contribution in [0.5, 0.6) is 0 Å². The number of carboxylic acid groups (broad SMARTS) is 1. The molecular weight excluding hydrogens is 260 g/mol. The minimum atomic E-state index is -1.46. The zero-order valence-corrected chi connectivity index (χ0v) is 11.2. The molecular formula is C14H16N2O4. The van der Waals surface area contributed by atoms with Crippen LogP contribution in [-0.4, -0.2) is 58.9 Å². The molecule has 1 aromatic rings. The normalized spacial score (nSPS) is 15.1. The predicted octanol–water partition coefficient (Wildman–Crippen LogP) is 0.364. The minimum Gasteiger partial charge on any atom is -0.474 e. The molecule has 2 amide bonds. The highest BCUT2D eigenvalue weighted by Gasteiger charge is 2.27. The van der Waals surface area contributed by atoms with Gasteiger partial charge >= 0.3 is 11.9 Å². The van der Waals surface area contributed by atoms with Crippen LogP contribution in [0.15, 0.2) is 24.3 Å². The molecule has 20 heavy (non-hydrogen) atoms. The van der Waals surface area contributed by atoms with E-state index in [9.17, 15) is 14.4 Å². The number of aliphatic carboxylic acids is 1. The van der Waals surface area contributed by atoms with E-state index in [2.05, 4.69) is 0 Å². The SMILES string of the molecule is Cc1cccc(C(=O)N2CCN(C(=O)C(=O)O)CC2)c1. The summed E-state index contributed by atoms with van der Waals surface area (Å²) in [6.07, 6.45) is 0. The molecule has 0 radical (unpaired) electrons. The summed E-state index contributed by atoms with van der Waals surface area (Å²) in [6.45, 7) is 3.13. The fraction of sp³-hybridized carbons (Fsp3) is 0.357. The molecule has 1 aromatic carbocycles. The second-order valence-corrected chi connectivity index (χ2v) is 4.76. The summed E-state index contributed by atoms with van der Waals surface area (Å²) in [5.41, 5.74) is 1.62. The molecule has 0 atom stereocenters. The van der Waals surface area contributed by atoms with Crippen molar-refractivity contribution in [2.45, 2.75) is 6.92 Å². The van der Waals surface area contributed by atoms with Gasteiger partial charge in [0, 0.05) is 31.7 Å². The Labute approximate surface area is 116 Å². The average Bonchev–Trinajstić information content (AvgIpc) is 2.46. The number of benzene rings is 1. The van der Waals surface area contributed by atoms with Crippen LogP contribution in [0.3, 0.4) is 0 Å². The summed E-state index contributed by atoms with van der Waals surface area (Å²) < 4.78 is 0. The quantitative estimate of drug-likeness (QED) is 0.751. The van der Waals surface area contributed by atoms with Crippen molar-refractivity contribution in [3.8, 4) is 0 Å². The lowest BCUT2D eigenvalue weighted by Crippen LogP contribution is -2.52. The number of aryl methyl sites for hydroxylation is 1. The number of carbonyl (C=O) groups is 3. The van der Waals surface area contributed by atoms with Gasteiger partial charge in [-0.3, -0.25) is 9.59 Å².